The van der Waals surface area contributed by atoms with Crippen molar-refractivity contribution in [1.82, 2.24) is 0 Å². The van der Waals surface area contributed by atoms with Crippen molar-refractivity contribution in [2.45, 2.75) is 45.7 Å². The molecule has 8 heteroatoms. The lowest BCUT2D eigenvalue weighted by Gasteiger charge is -2.17. The lowest BCUT2D eigenvalue weighted by Crippen LogP contribution is -2.33. The molecule has 2 aromatic rings. The van der Waals surface area contributed by atoms with Crippen molar-refractivity contribution >= 4 is 57.1 Å². The number of carbonyl (C=O) groups excluding carboxylic acids is 2. The summed E-state index contributed by atoms with van der Waals surface area (Å²) in [6.07, 6.45) is -1.09. The van der Waals surface area contributed by atoms with Gasteiger partial charge in [0.1, 0.15) is 25.4 Å². The van der Waals surface area contributed by atoms with Crippen molar-refractivity contribution in [2.75, 3.05) is 13.2 Å². The summed E-state index contributed by atoms with van der Waals surface area (Å²) >= 11 is 4.36. The van der Waals surface area contributed by atoms with Crippen LogP contribution < -0.4 is 0 Å². The standard InChI is InChI=1S/C23H24I2O6/c1-13-5-7-15(9-17(13)24)21(26)28-11-19-20(31-23(3,4)30-19)12-29-22(27)16-8-6-14(2)18(25)10-16/h5-10,19-20H,11-12H2,1-4H3/t19-,20-/m0/s1. The van der Waals surface area contributed by atoms with Gasteiger partial charge in [0.25, 0.3) is 0 Å². The SMILES string of the molecule is Cc1ccc(C(=O)OC[C@@H]2OC(C)(C)O[C@H]2COC(=O)c2ccc(C)c(I)c2)cc1I. The van der Waals surface area contributed by atoms with Gasteiger partial charge in [-0.2, -0.15) is 0 Å². The lowest BCUT2D eigenvalue weighted by atomic mass is 10.1. The van der Waals surface area contributed by atoms with Crippen LogP contribution in [0.2, 0.25) is 0 Å². The van der Waals surface area contributed by atoms with Crippen LogP contribution >= 0.6 is 45.2 Å². The third-order valence-corrected chi connectivity index (χ3v) is 7.18. The van der Waals surface area contributed by atoms with Gasteiger partial charge in [-0.1, -0.05) is 12.1 Å². The Morgan fingerprint density at radius 2 is 1.23 bits per heavy atom. The van der Waals surface area contributed by atoms with Gasteiger partial charge in [0.2, 0.25) is 0 Å². The molecule has 0 radical (unpaired) electrons. The van der Waals surface area contributed by atoms with Crippen LogP contribution in [0.3, 0.4) is 0 Å². The first kappa shape index (κ1) is 24.4. The highest BCUT2D eigenvalue weighted by Gasteiger charge is 2.42. The Morgan fingerprint density at radius 1 is 0.839 bits per heavy atom. The van der Waals surface area contributed by atoms with Gasteiger partial charge in [0, 0.05) is 7.14 Å². The number of hydrogen-bond donors (Lipinski definition) is 0. The highest BCUT2D eigenvalue weighted by molar-refractivity contribution is 14.1. The molecule has 2 atom stereocenters. The molecule has 6 nitrogen and oxygen atoms in total. The van der Waals surface area contributed by atoms with Crippen LogP contribution in [0, 0.1) is 21.0 Å². The van der Waals surface area contributed by atoms with E-state index in [0.29, 0.717) is 11.1 Å². The topological polar surface area (TPSA) is 71.1 Å². The molecule has 1 aliphatic heterocycles. The van der Waals surface area contributed by atoms with Gasteiger partial charge in [-0.05, 0) is 108 Å². The summed E-state index contributed by atoms with van der Waals surface area (Å²) in [5, 5.41) is 0. The van der Waals surface area contributed by atoms with Gasteiger partial charge in [0.15, 0.2) is 5.79 Å². The Bertz CT molecular complexity index is 911. The third kappa shape index (κ3) is 6.39. The number of halogens is 2. The molecule has 0 bridgehead atoms. The van der Waals surface area contributed by atoms with Crippen LogP contribution in [0.15, 0.2) is 36.4 Å². The fourth-order valence-electron chi connectivity index (χ4n) is 3.11. The lowest BCUT2D eigenvalue weighted by molar-refractivity contribution is -0.151. The summed E-state index contributed by atoms with van der Waals surface area (Å²) in [5.74, 6) is -1.74. The molecule has 0 aromatic heterocycles. The van der Waals surface area contributed by atoms with Crippen molar-refractivity contribution in [3.8, 4) is 0 Å². The Kier molecular flexibility index (Phi) is 7.98. The predicted octanol–water partition coefficient (Wildman–Crippen LogP) is 5.05. The first-order valence-electron chi connectivity index (χ1n) is 9.78. The van der Waals surface area contributed by atoms with Crippen molar-refractivity contribution < 1.29 is 28.5 Å². The second-order valence-corrected chi connectivity index (χ2v) is 10.2. The molecule has 1 fully saturated rings. The summed E-state index contributed by atoms with van der Waals surface area (Å²) < 4.78 is 24.6. The molecule has 0 amide bonds. The smallest absolute Gasteiger partial charge is 0.338 e. The van der Waals surface area contributed by atoms with Gasteiger partial charge in [0.05, 0.1) is 11.1 Å². The van der Waals surface area contributed by atoms with Crippen molar-refractivity contribution in [3.05, 3.63) is 65.8 Å². The average molecular weight is 650 g/mol. The van der Waals surface area contributed by atoms with Crippen LogP contribution in [0.4, 0.5) is 0 Å². The van der Waals surface area contributed by atoms with Gasteiger partial charge in [-0.25, -0.2) is 9.59 Å². The summed E-state index contributed by atoms with van der Waals surface area (Å²) in [6, 6.07) is 10.8. The number of hydrogen-bond acceptors (Lipinski definition) is 6. The highest BCUT2D eigenvalue weighted by Crippen LogP contribution is 2.29. The van der Waals surface area contributed by atoms with Gasteiger partial charge in [-0.3, -0.25) is 0 Å². The Labute approximate surface area is 209 Å². The number of rotatable bonds is 6. The maximum absolute atomic E-state index is 12.4. The molecule has 0 unspecified atom stereocenters. The summed E-state index contributed by atoms with van der Waals surface area (Å²) in [5.41, 5.74) is 3.14. The first-order valence-corrected chi connectivity index (χ1v) is 11.9. The van der Waals surface area contributed by atoms with E-state index in [1.807, 2.05) is 26.0 Å². The minimum Gasteiger partial charge on any atom is -0.459 e. The van der Waals surface area contributed by atoms with E-state index in [9.17, 15) is 9.59 Å². The van der Waals surface area contributed by atoms with E-state index in [4.69, 9.17) is 18.9 Å². The third-order valence-electron chi connectivity index (χ3n) is 4.86. The monoisotopic (exact) mass is 650 g/mol. The van der Waals surface area contributed by atoms with E-state index in [1.54, 1.807) is 38.1 Å². The van der Waals surface area contributed by atoms with Crippen LogP contribution in [0.25, 0.3) is 0 Å². The minimum atomic E-state index is -0.868. The molecule has 1 saturated heterocycles. The zero-order valence-corrected chi connectivity index (χ0v) is 22.1. The van der Waals surface area contributed by atoms with Crippen LogP contribution in [0.5, 0.6) is 0 Å². The van der Waals surface area contributed by atoms with E-state index >= 15 is 0 Å². The van der Waals surface area contributed by atoms with E-state index < -0.39 is 29.9 Å². The van der Waals surface area contributed by atoms with Gasteiger partial charge >= 0.3 is 11.9 Å². The number of ether oxygens (including phenoxy) is 4. The molecule has 31 heavy (non-hydrogen) atoms. The molecule has 0 aliphatic carbocycles. The van der Waals surface area contributed by atoms with Gasteiger partial charge < -0.3 is 18.9 Å². The maximum Gasteiger partial charge on any atom is 0.338 e. The van der Waals surface area contributed by atoms with E-state index in [2.05, 4.69) is 45.2 Å². The van der Waals surface area contributed by atoms with Gasteiger partial charge in [-0.15, -0.1) is 0 Å². The fourth-order valence-corrected chi connectivity index (χ4v) is 4.14. The second kappa shape index (κ2) is 10.1. The molecule has 2 aromatic carbocycles. The minimum absolute atomic E-state index is 0.00261. The molecule has 1 heterocycles. The average Bonchev–Trinajstić information content (AvgIpc) is 3.02. The predicted molar refractivity (Wildman–Crippen MR) is 132 cm³/mol. The molecule has 1 aliphatic rings. The zero-order chi connectivity index (χ0) is 22.8. The fraction of sp³-hybridized carbons (Fsp3) is 0.391. The van der Waals surface area contributed by atoms with E-state index in [0.717, 1.165) is 18.3 Å². The summed E-state index contributed by atoms with van der Waals surface area (Å²) in [4.78, 5) is 24.9. The quantitative estimate of drug-likeness (QED) is 0.323. The number of aryl methyl sites for hydroxylation is 2. The Morgan fingerprint density at radius 3 is 1.58 bits per heavy atom. The van der Waals surface area contributed by atoms with Crippen molar-refractivity contribution in [3.63, 3.8) is 0 Å². The van der Waals surface area contributed by atoms with Crippen LogP contribution in [0.1, 0.15) is 45.7 Å². The van der Waals surface area contributed by atoms with Crippen molar-refractivity contribution in [1.29, 1.82) is 0 Å². The molecule has 0 N–H and O–H groups in total. The number of carbonyl (C=O) groups is 2. The normalized spacial score (nSPS) is 19.8. The molecular weight excluding hydrogens is 626 g/mol. The second-order valence-electron chi connectivity index (χ2n) is 7.84. The van der Waals surface area contributed by atoms with Crippen molar-refractivity contribution in [2.24, 2.45) is 0 Å². The highest BCUT2D eigenvalue weighted by atomic mass is 127. The summed E-state index contributed by atoms with van der Waals surface area (Å²) in [7, 11) is 0. The summed E-state index contributed by atoms with van der Waals surface area (Å²) in [6.45, 7) is 7.50. The number of benzene rings is 2. The number of esters is 2. The Balaban J connectivity index is 1.60. The van der Waals surface area contributed by atoms with Crippen LogP contribution in [-0.2, 0) is 18.9 Å². The first-order chi connectivity index (χ1) is 14.6. The largest absolute Gasteiger partial charge is 0.459 e. The molecule has 0 spiro atoms. The van der Waals surface area contributed by atoms with E-state index in [1.165, 1.54) is 0 Å². The molecule has 0 saturated carbocycles. The zero-order valence-electron chi connectivity index (χ0n) is 17.7. The molecule has 166 valence electrons. The van der Waals surface area contributed by atoms with E-state index in [-0.39, 0.29) is 13.2 Å². The van der Waals surface area contributed by atoms with Crippen LogP contribution in [-0.4, -0.2) is 43.1 Å². The molecular formula is C23H24I2O6. The Hall–Kier alpha value is -1.24. The maximum atomic E-state index is 12.4. The molecule has 3 rings (SSSR count).